The third-order valence-corrected chi connectivity index (χ3v) is 9.51. The summed E-state index contributed by atoms with van der Waals surface area (Å²) >= 11 is 12.2. The smallest absolute Gasteiger partial charge is 0.257 e. The summed E-state index contributed by atoms with van der Waals surface area (Å²) in [6.07, 6.45) is 2.27. The van der Waals surface area contributed by atoms with Crippen molar-refractivity contribution >= 4 is 29.1 Å². The number of ether oxygens (including phenoxy) is 2. The van der Waals surface area contributed by atoms with Crippen molar-refractivity contribution in [1.29, 1.82) is 0 Å². The van der Waals surface area contributed by atoms with Gasteiger partial charge in [-0.2, -0.15) is 0 Å². The number of hydrogen-bond donors (Lipinski definition) is 3. The highest BCUT2D eigenvalue weighted by Crippen LogP contribution is 2.45. The van der Waals surface area contributed by atoms with Crippen molar-refractivity contribution in [2.24, 2.45) is 0 Å². The summed E-state index contributed by atoms with van der Waals surface area (Å²) < 4.78 is 12.3. The van der Waals surface area contributed by atoms with E-state index in [1.54, 1.807) is 24.0 Å². The molecule has 0 radical (unpaired) electrons. The molecule has 3 aliphatic rings. The Hall–Kier alpha value is -2.85. The summed E-state index contributed by atoms with van der Waals surface area (Å²) in [6, 6.07) is 17.3. The van der Waals surface area contributed by atoms with Gasteiger partial charge in [0, 0.05) is 49.2 Å². The maximum atomic E-state index is 13.6. The average molecular weight is 628 g/mol. The SMILES string of the molecule is C[C@@](O)(CN1CCC2(CC1)OCc1cc(Cl)ccc12)Oc1cc(O)ccc1C(=O)N1CCC(O)(c2ccc(Cl)cc2)CC1. The van der Waals surface area contributed by atoms with Crippen molar-refractivity contribution in [2.75, 3.05) is 32.7 Å². The summed E-state index contributed by atoms with van der Waals surface area (Å²) in [5.41, 5.74) is 1.92. The van der Waals surface area contributed by atoms with Crippen LogP contribution in [-0.2, 0) is 22.5 Å². The first kappa shape index (κ1) is 30.2. The molecule has 3 aromatic rings. The number of aromatic hydroxyl groups is 1. The van der Waals surface area contributed by atoms with Crippen molar-refractivity contribution in [3.05, 3.63) is 93.0 Å². The molecule has 3 aliphatic heterocycles. The van der Waals surface area contributed by atoms with Gasteiger partial charge in [-0.15, -0.1) is 0 Å². The van der Waals surface area contributed by atoms with Crippen LogP contribution in [0.25, 0.3) is 0 Å². The van der Waals surface area contributed by atoms with Gasteiger partial charge in [-0.05, 0) is 78.8 Å². The van der Waals surface area contributed by atoms with E-state index in [0.717, 1.165) is 24.0 Å². The van der Waals surface area contributed by atoms with Gasteiger partial charge in [0.25, 0.3) is 5.91 Å². The molecule has 0 bridgehead atoms. The Balaban J connectivity index is 1.10. The lowest BCUT2D eigenvalue weighted by atomic mass is 9.83. The van der Waals surface area contributed by atoms with Crippen molar-refractivity contribution < 1.29 is 29.6 Å². The summed E-state index contributed by atoms with van der Waals surface area (Å²) in [7, 11) is 0. The van der Waals surface area contributed by atoms with Crippen molar-refractivity contribution in [1.82, 2.24) is 9.80 Å². The number of aliphatic hydroxyl groups is 2. The number of halogens is 2. The standard InChI is InChI=1S/C33H36Cl2N2O6/c1-31(40,21-36-14-12-33(13-15-36)28-9-6-25(35)18-22(28)20-42-33)43-29-19-26(38)7-8-27(29)30(39)37-16-10-32(41,11-17-37)23-2-4-24(34)5-3-23/h2-9,18-19,38,40-41H,10-17,20-21H2,1H3/t31-/m0/s1. The van der Waals surface area contributed by atoms with E-state index in [0.29, 0.717) is 55.7 Å². The third-order valence-electron chi connectivity index (χ3n) is 9.03. The second kappa shape index (κ2) is 11.6. The van der Waals surface area contributed by atoms with Gasteiger partial charge in [-0.1, -0.05) is 41.4 Å². The fourth-order valence-corrected chi connectivity index (χ4v) is 6.98. The van der Waals surface area contributed by atoms with Crippen molar-refractivity contribution in [3.8, 4) is 11.5 Å². The fraction of sp³-hybridized carbons (Fsp3) is 0.424. The van der Waals surface area contributed by atoms with Crippen LogP contribution in [0.5, 0.6) is 11.5 Å². The van der Waals surface area contributed by atoms with E-state index >= 15 is 0 Å². The molecule has 0 unspecified atom stereocenters. The Labute approximate surface area is 261 Å². The summed E-state index contributed by atoms with van der Waals surface area (Å²) in [5.74, 6) is -1.89. The molecule has 2 saturated heterocycles. The number of phenols is 1. The van der Waals surface area contributed by atoms with Gasteiger partial charge >= 0.3 is 0 Å². The topological polar surface area (TPSA) is 103 Å². The quantitative estimate of drug-likeness (QED) is 0.313. The fourth-order valence-electron chi connectivity index (χ4n) is 6.66. The van der Waals surface area contributed by atoms with Crippen LogP contribution in [-0.4, -0.2) is 69.5 Å². The largest absolute Gasteiger partial charge is 0.508 e. The molecule has 0 saturated carbocycles. The van der Waals surface area contributed by atoms with Crippen LogP contribution in [0.3, 0.4) is 0 Å². The second-order valence-corrected chi connectivity index (χ2v) is 13.0. The zero-order valence-electron chi connectivity index (χ0n) is 24.1. The number of phenolic OH excluding ortho intramolecular Hbond substituents is 1. The zero-order valence-corrected chi connectivity index (χ0v) is 25.6. The van der Waals surface area contributed by atoms with E-state index in [9.17, 15) is 20.1 Å². The summed E-state index contributed by atoms with van der Waals surface area (Å²) in [6.45, 7) is 4.37. The number of amides is 1. The van der Waals surface area contributed by atoms with Crippen LogP contribution in [0.2, 0.25) is 10.0 Å². The number of hydrogen-bond acceptors (Lipinski definition) is 7. The van der Waals surface area contributed by atoms with Crippen molar-refractivity contribution in [2.45, 2.75) is 56.2 Å². The molecule has 1 atom stereocenters. The Morgan fingerprint density at radius 1 is 0.953 bits per heavy atom. The van der Waals surface area contributed by atoms with Crippen LogP contribution < -0.4 is 4.74 Å². The lowest BCUT2D eigenvalue weighted by Gasteiger charge is -2.41. The first-order valence-electron chi connectivity index (χ1n) is 14.6. The minimum Gasteiger partial charge on any atom is -0.508 e. The molecule has 3 heterocycles. The Morgan fingerprint density at radius 3 is 2.33 bits per heavy atom. The minimum atomic E-state index is -1.63. The number of benzene rings is 3. The summed E-state index contributed by atoms with van der Waals surface area (Å²) in [5, 5.41) is 34.1. The number of nitrogens with zero attached hydrogens (tertiary/aromatic N) is 2. The molecule has 10 heteroatoms. The molecule has 1 spiro atoms. The molecule has 3 aromatic carbocycles. The maximum Gasteiger partial charge on any atom is 0.257 e. The predicted octanol–water partition coefficient (Wildman–Crippen LogP) is 5.43. The highest BCUT2D eigenvalue weighted by molar-refractivity contribution is 6.30. The monoisotopic (exact) mass is 626 g/mol. The minimum absolute atomic E-state index is 0.0739. The van der Waals surface area contributed by atoms with Gasteiger partial charge in [0.15, 0.2) is 0 Å². The molecule has 43 heavy (non-hydrogen) atoms. The van der Waals surface area contributed by atoms with E-state index in [1.165, 1.54) is 23.8 Å². The number of carbonyl (C=O) groups is 1. The van der Waals surface area contributed by atoms with Crippen LogP contribution in [0.1, 0.15) is 59.7 Å². The Kier molecular flexibility index (Phi) is 8.13. The van der Waals surface area contributed by atoms with E-state index in [4.69, 9.17) is 32.7 Å². The van der Waals surface area contributed by atoms with Gasteiger partial charge in [0.1, 0.15) is 11.5 Å². The number of piperidine rings is 2. The highest BCUT2D eigenvalue weighted by atomic mass is 35.5. The number of fused-ring (bicyclic) bond motifs is 2. The van der Waals surface area contributed by atoms with E-state index in [2.05, 4.69) is 11.0 Å². The average Bonchev–Trinajstić information content (AvgIpc) is 3.31. The molecule has 6 rings (SSSR count). The first-order chi connectivity index (χ1) is 20.5. The number of β-amino-alcohol motifs (C(OH)–C–C–N with tert-alkyl or cyclic N) is 1. The van der Waals surface area contributed by atoms with Crippen LogP contribution in [0, 0.1) is 0 Å². The number of likely N-dealkylation sites (tertiary alicyclic amines) is 2. The number of rotatable bonds is 6. The molecule has 0 aromatic heterocycles. The lowest BCUT2D eigenvalue weighted by Crippen LogP contribution is -2.50. The van der Waals surface area contributed by atoms with Gasteiger partial charge in [0.2, 0.25) is 5.79 Å². The Morgan fingerprint density at radius 2 is 1.63 bits per heavy atom. The number of carbonyl (C=O) groups excluding carboxylic acids is 1. The normalized spacial score (nSPS) is 20.9. The van der Waals surface area contributed by atoms with Crippen molar-refractivity contribution in [3.63, 3.8) is 0 Å². The van der Waals surface area contributed by atoms with Gasteiger partial charge in [-0.25, -0.2) is 0 Å². The van der Waals surface area contributed by atoms with Gasteiger partial charge < -0.3 is 29.7 Å². The molecule has 2 fully saturated rings. The Bertz CT molecular complexity index is 1500. The first-order valence-corrected chi connectivity index (χ1v) is 15.4. The molecule has 3 N–H and O–H groups in total. The molecule has 8 nitrogen and oxygen atoms in total. The predicted molar refractivity (Wildman–Crippen MR) is 163 cm³/mol. The molecule has 1 amide bonds. The van der Waals surface area contributed by atoms with E-state index < -0.39 is 11.4 Å². The lowest BCUT2D eigenvalue weighted by molar-refractivity contribution is -0.150. The van der Waals surface area contributed by atoms with Gasteiger partial charge in [0.05, 0.1) is 29.9 Å². The highest BCUT2D eigenvalue weighted by Gasteiger charge is 2.44. The molecule has 0 aliphatic carbocycles. The van der Waals surface area contributed by atoms with E-state index in [-0.39, 0.29) is 35.1 Å². The molecular formula is C33H36Cl2N2O6. The summed E-state index contributed by atoms with van der Waals surface area (Å²) in [4.78, 5) is 17.4. The zero-order chi connectivity index (χ0) is 30.4. The molecular weight excluding hydrogens is 591 g/mol. The maximum absolute atomic E-state index is 13.6. The van der Waals surface area contributed by atoms with Gasteiger partial charge in [-0.3, -0.25) is 9.69 Å². The third kappa shape index (κ3) is 6.23. The second-order valence-electron chi connectivity index (χ2n) is 12.1. The van der Waals surface area contributed by atoms with Crippen LogP contribution >= 0.6 is 23.2 Å². The van der Waals surface area contributed by atoms with Crippen LogP contribution in [0.15, 0.2) is 60.7 Å². The van der Waals surface area contributed by atoms with E-state index in [1.807, 2.05) is 24.3 Å². The van der Waals surface area contributed by atoms with Crippen LogP contribution in [0.4, 0.5) is 0 Å². The molecule has 228 valence electrons.